The molecule has 2 aromatic rings. The molecule has 0 bridgehead atoms. The SMILES string of the molecule is COC1=NCc2cc(CC(=O)C[C@H](C)c3ccccc3)nc(CN(C)C)c21. The smallest absolute Gasteiger partial charge is 0.218 e. The highest BCUT2D eigenvalue weighted by molar-refractivity contribution is 5.98. The molecule has 0 saturated carbocycles. The standard InChI is InChI=1S/C22H27N3O2/c1-15(16-8-6-5-7-9-16)10-19(26)12-18-11-17-13-23-22(27-4)21(17)20(24-18)14-25(2)3/h5-9,11,15H,10,12-14H2,1-4H3/t15-/m0/s1. The molecule has 1 aliphatic heterocycles. The van der Waals surface area contributed by atoms with Gasteiger partial charge in [-0.3, -0.25) is 9.78 Å². The Balaban J connectivity index is 1.76. The number of hydrogen-bond donors (Lipinski definition) is 0. The van der Waals surface area contributed by atoms with Gasteiger partial charge in [-0.15, -0.1) is 0 Å². The van der Waals surface area contributed by atoms with Crippen LogP contribution in [0, 0.1) is 0 Å². The van der Waals surface area contributed by atoms with Gasteiger partial charge in [-0.1, -0.05) is 37.3 Å². The van der Waals surface area contributed by atoms with Crippen LogP contribution in [-0.2, 0) is 29.0 Å². The lowest BCUT2D eigenvalue weighted by Crippen LogP contribution is -2.18. The number of nitrogens with zero attached hydrogens (tertiary/aromatic N) is 3. The predicted molar refractivity (Wildman–Crippen MR) is 107 cm³/mol. The first-order valence-electron chi connectivity index (χ1n) is 9.29. The van der Waals surface area contributed by atoms with Gasteiger partial charge in [-0.05, 0) is 37.2 Å². The molecule has 0 unspecified atom stereocenters. The Kier molecular flexibility index (Phi) is 6.01. The van der Waals surface area contributed by atoms with Crippen molar-refractivity contribution in [2.45, 2.75) is 38.8 Å². The van der Waals surface area contributed by atoms with Crippen LogP contribution in [0.15, 0.2) is 41.4 Å². The van der Waals surface area contributed by atoms with Gasteiger partial charge in [0, 0.05) is 25.1 Å². The minimum atomic E-state index is 0.206. The molecule has 5 nitrogen and oxygen atoms in total. The molecule has 5 heteroatoms. The molecule has 1 aromatic carbocycles. The van der Waals surface area contributed by atoms with Crippen LogP contribution in [-0.4, -0.2) is 42.8 Å². The first-order valence-corrected chi connectivity index (χ1v) is 9.29. The van der Waals surface area contributed by atoms with E-state index < -0.39 is 0 Å². The summed E-state index contributed by atoms with van der Waals surface area (Å²) in [4.78, 5) is 23.9. The Morgan fingerprint density at radius 1 is 1.26 bits per heavy atom. The van der Waals surface area contributed by atoms with Gasteiger partial charge >= 0.3 is 0 Å². The summed E-state index contributed by atoms with van der Waals surface area (Å²) in [6.07, 6.45) is 0.874. The van der Waals surface area contributed by atoms with E-state index in [1.807, 2.05) is 38.4 Å². The van der Waals surface area contributed by atoms with Gasteiger partial charge < -0.3 is 9.64 Å². The van der Waals surface area contributed by atoms with E-state index in [4.69, 9.17) is 9.72 Å². The number of pyridine rings is 1. The zero-order valence-corrected chi connectivity index (χ0v) is 16.5. The molecule has 2 heterocycles. The molecule has 3 rings (SSSR count). The third kappa shape index (κ3) is 4.61. The largest absolute Gasteiger partial charge is 0.481 e. The summed E-state index contributed by atoms with van der Waals surface area (Å²) in [5, 5.41) is 0. The zero-order valence-electron chi connectivity index (χ0n) is 16.5. The number of carbonyl (C=O) groups is 1. The number of benzene rings is 1. The molecule has 0 aliphatic carbocycles. The predicted octanol–water partition coefficient (Wildman–Crippen LogP) is 3.36. The van der Waals surface area contributed by atoms with Crippen LogP contribution >= 0.6 is 0 Å². The van der Waals surface area contributed by atoms with E-state index in [1.165, 1.54) is 5.56 Å². The number of Topliss-reactive ketones (excluding diaryl/α,β-unsaturated/α-hetero) is 1. The lowest BCUT2D eigenvalue weighted by atomic mass is 9.94. The van der Waals surface area contributed by atoms with Gasteiger partial charge in [0.15, 0.2) is 0 Å². The molecule has 0 radical (unpaired) electrons. The molecular formula is C22H27N3O2. The van der Waals surface area contributed by atoms with Crippen molar-refractivity contribution in [2.75, 3.05) is 21.2 Å². The molecule has 1 atom stereocenters. The van der Waals surface area contributed by atoms with Crippen LogP contribution in [0.2, 0.25) is 0 Å². The molecule has 0 fully saturated rings. The Labute approximate surface area is 161 Å². The Morgan fingerprint density at radius 3 is 2.67 bits per heavy atom. The molecule has 142 valence electrons. The Bertz CT molecular complexity index is 844. The second-order valence-corrected chi connectivity index (χ2v) is 7.39. The van der Waals surface area contributed by atoms with Crippen molar-refractivity contribution in [3.8, 4) is 0 Å². The highest BCUT2D eigenvalue weighted by Gasteiger charge is 2.24. The maximum absolute atomic E-state index is 12.6. The van der Waals surface area contributed by atoms with Crippen molar-refractivity contribution in [3.63, 3.8) is 0 Å². The summed E-state index contributed by atoms with van der Waals surface area (Å²) in [6.45, 7) is 3.37. The van der Waals surface area contributed by atoms with Gasteiger partial charge in [0.05, 0.1) is 24.9 Å². The number of carbonyl (C=O) groups excluding carboxylic acids is 1. The van der Waals surface area contributed by atoms with Gasteiger partial charge in [-0.25, -0.2) is 4.99 Å². The van der Waals surface area contributed by atoms with E-state index in [0.717, 1.165) is 22.5 Å². The monoisotopic (exact) mass is 365 g/mol. The molecule has 0 amide bonds. The normalized spacial score (nSPS) is 14.0. The van der Waals surface area contributed by atoms with E-state index in [-0.39, 0.29) is 11.7 Å². The molecule has 0 spiro atoms. The second kappa shape index (κ2) is 8.44. The van der Waals surface area contributed by atoms with Crippen molar-refractivity contribution in [3.05, 3.63) is 64.5 Å². The van der Waals surface area contributed by atoms with Crippen molar-refractivity contribution >= 4 is 11.7 Å². The van der Waals surface area contributed by atoms with Crippen LogP contribution in [0.4, 0.5) is 0 Å². The minimum absolute atomic E-state index is 0.206. The maximum Gasteiger partial charge on any atom is 0.218 e. The maximum atomic E-state index is 12.6. The quantitative estimate of drug-likeness (QED) is 0.755. The number of ether oxygens (including phenoxy) is 1. The van der Waals surface area contributed by atoms with E-state index in [9.17, 15) is 4.79 Å². The van der Waals surface area contributed by atoms with Gasteiger partial charge in [0.25, 0.3) is 0 Å². The van der Waals surface area contributed by atoms with Gasteiger partial charge in [-0.2, -0.15) is 0 Å². The number of hydrogen-bond acceptors (Lipinski definition) is 5. The summed E-state index contributed by atoms with van der Waals surface area (Å²) in [5.74, 6) is 1.06. The van der Waals surface area contributed by atoms with E-state index in [2.05, 4.69) is 28.9 Å². The fourth-order valence-corrected chi connectivity index (χ4v) is 3.53. The topological polar surface area (TPSA) is 54.8 Å². The van der Waals surface area contributed by atoms with Crippen molar-refractivity contribution in [2.24, 2.45) is 4.99 Å². The first kappa shape index (κ1) is 19.2. The fraction of sp³-hybridized carbons (Fsp3) is 0.409. The van der Waals surface area contributed by atoms with Gasteiger partial charge in [0.2, 0.25) is 5.90 Å². The van der Waals surface area contributed by atoms with Crippen molar-refractivity contribution in [1.29, 1.82) is 0 Å². The molecule has 1 aliphatic rings. The summed E-state index contributed by atoms with van der Waals surface area (Å²) in [6, 6.07) is 12.2. The van der Waals surface area contributed by atoms with Crippen LogP contribution in [0.1, 0.15) is 47.3 Å². The van der Waals surface area contributed by atoms with E-state index in [0.29, 0.717) is 31.8 Å². The Hall–Kier alpha value is -2.53. The summed E-state index contributed by atoms with van der Waals surface area (Å²) >= 11 is 0. The minimum Gasteiger partial charge on any atom is -0.481 e. The van der Waals surface area contributed by atoms with Crippen molar-refractivity contribution < 1.29 is 9.53 Å². The third-order valence-electron chi connectivity index (χ3n) is 4.78. The van der Waals surface area contributed by atoms with Gasteiger partial charge in [0.1, 0.15) is 5.78 Å². The van der Waals surface area contributed by atoms with Crippen LogP contribution in [0.3, 0.4) is 0 Å². The highest BCUT2D eigenvalue weighted by Crippen LogP contribution is 2.25. The molecule has 27 heavy (non-hydrogen) atoms. The zero-order chi connectivity index (χ0) is 19.4. The number of methoxy groups -OCH3 is 1. The first-order chi connectivity index (χ1) is 13.0. The lowest BCUT2D eigenvalue weighted by molar-refractivity contribution is -0.118. The second-order valence-electron chi connectivity index (χ2n) is 7.39. The summed E-state index contributed by atoms with van der Waals surface area (Å²) in [5.41, 5.74) is 5.02. The fourth-order valence-electron chi connectivity index (χ4n) is 3.53. The Morgan fingerprint density at radius 2 is 2.00 bits per heavy atom. The van der Waals surface area contributed by atoms with E-state index in [1.54, 1.807) is 7.11 Å². The number of aliphatic imine (C=N–C) groups is 1. The average Bonchev–Trinajstić information content (AvgIpc) is 3.05. The number of ketones is 1. The average molecular weight is 365 g/mol. The molecule has 0 saturated heterocycles. The summed E-state index contributed by atoms with van der Waals surface area (Å²) in [7, 11) is 5.65. The van der Waals surface area contributed by atoms with Crippen LogP contribution in [0.5, 0.6) is 0 Å². The van der Waals surface area contributed by atoms with E-state index >= 15 is 0 Å². The van der Waals surface area contributed by atoms with Crippen molar-refractivity contribution in [1.82, 2.24) is 9.88 Å². The molecular weight excluding hydrogens is 338 g/mol. The van der Waals surface area contributed by atoms with Crippen LogP contribution in [0.25, 0.3) is 0 Å². The number of rotatable bonds is 7. The third-order valence-corrected chi connectivity index (χ3v) is 4.78. The molecule has 0 N–H and O–H groups in total. The highest BCUT2D eigenvalue weighted by atomic mass is 16.5. The lowest BCUT2D eigenvalue weighted by Gasteiger charge is -2.16. The number of fused-ring (bicyclic) bond motifs is 1. The van der Waals surface area contributed by atoms with Crippen LogP contribution < -0.4 is 0 Å². The number of aromatic nitrogens is 1. The molecule has 1 aromatic heterocycles. The summed E-state index contributed by atoms with van der Waals surface area (Å²) < 4.78 is 5.41.